The highest BCUT2D eigenvalue weighted by molar-refractivity contribution is 9.10. The van der Waals surface area contributed by atoms with E-state index in [1.165, 1.54) is 0 Å². The highest BCUT2D eigenvalue weighted by atomic mass is 79.9. The highest BCUT2D eigenvalue weighted by Gasteiger charge is 2.25. The van der Waals surface area contributed by atoms with Gasteiger partial charge in [-0.2, -0.15) is 4.98 Å². The number of nitrogens with zero attached hydrogens (tertiary/aromatic N) is 4. The van der Waals surface area contributed by atoms with Gasteiger partial charge in [0.15, 0.2) is 4.73 Å². The molecule has 1 fully saturated rings. The fourth-order valence-corrected chi connectivity index (χ4v) is 2.65. The van der Waals surface area contributed by atoms with Crippen LogP contribution in [0.4, 0.5) is 5.95 Å². The van der Waals surface area contributed by atoms with Crippen LogP contribution < -0.4 is 9.64 Å². The van der Waals surface area contributed by atoms with Crippen LogP contribution in [-0.4, -0.2) is 34.3 Å². The first-order chi connectivity index (χ1) is 10.2. The van der Waals surface area contributed by atoms with Crippen molar-refractivity contribution < 1.29 is 9.53 Å². The van der Waals surface area contributed by atoms with Crippen LogP contribution in [0.1, 0.15) is 18.4 Å². The molecule has 1 aromatic heterocycles. The lowest BCUT2D eigenvalue weighted by molar-refractivity contribution is -0.117. The van der Waals surface area contributed by atoms with Crippen molar-refractivity contribution in [2.75, 3.05) is 18.6 Å². The first-order valence-corrected chi connectivity index (χ1v) is 7.50. The number of hydrogen-bond donors (Lipinski definition) is 0. The average molecular weight is 351 g/mol. The molecular formula is C14H15BrN4O2. The van der Waals surface area contributed by atoms with Gasteiger partial charge in [-0.25, -0.2) is 4.68 Å². The lowest BCUT2D eigenvalue weighted by Gasteiger charge is -2.09. The third kappa shape index (κ3) is 2.92. The zero-order valence-electron chi connectivity index (χ0n) is 11.6. The zero-order chi connectivity index (χ0) is 14.8. The summed E-state index contributed by atoms with van der Waals surface area (Å²) >= 11 is 3.40. The van der Waals surface area contributed by atoms with Crippen LogP contribution >= 0.6 is 15.9 Å². The van der Waals surface area contributed by atoms with E-state index in [0.717, 1.165) is 17.7 Å². The normalized spacial score (nSPS) is 14.8. The molecule has 1 amide bonds. The fourth-order valence-electron chi connectivity index (χ4n) is 2.29. The van der Waals surface area contributed by atoms with Gasteiger partial charge in [0.1, 0.15) is 5.75 Å². The largest absolute Gasteiger partial charge is 0.497 e. The molecule has 2 aromatic rings. The molecule has 0 saturated carbocycles. The molecule has 1 aliphatic heterocycles. The Morgan fingerprint density at radius 3 is 2.71 bits per heavy atom. The van der Waals surface area contributed by atoms with Gasteiger partial charge in [-0.05, 0) is 40.0 Å². The van der Waals surface area contributed by atoms with Gasteiger partial charge in [-0.15, -0.1) is 5.10 Å². The first-order valence-electron chi connectivity index (χ1n) is 6.71. The van der Waals surface area contributed by atoms with E-state index in [9.17, 15) is 4.79 Å². The number of aromatic nitrogens is 3. The Labute approximate surface area is 130 Å². The number of carbonyl (C=O) groups is 1. The van der Waals surface area contributed by atoms with Crippen LogP contribution in [0.3, 0.4) is 0 Å². The number of ether oxygens (including phenoxy) is 1. The minimum atomic E-state index is 0.0871. The molecule has 0 aliphatic carbocycles. The Hall–Kier alpha value is -1.89. The molecule has 6 nitrogen and oxygen atoms in total. The van der Waals surface area contributed by atoms with E-state index in [2.05, 4.69) is 26.0 Å². The lowest BCUT2D eigenvalue weighted by atomic mass is 10.2. The predicted octanol–water partition coefficient (Wildman–Crippen LogP) is 2.22. The van der Waals surface area contributed by atoms with E-state index in [1.807, 2.05) is 24.3 Å². The Balaban J connectivity index is 1.79. The summed E-state index contributed by atoms with van der Waals surface area (Å²) < 4.78 is 7.50. The summed E-state index contributed by atoms with van der Waals surface area (Å²) in [4.78, 5) is 17.7. The number of hydrogen-bond acceptors (Lipinski definition) is 4. The van der Waals surface area contributed by atoms with Crippen molar-refractivity contribution in [1.29, 1.82) is 0 Å². The monoisotopic (exact) mass is 350 g/mol. The maximum Gasteiger partial charge on any atom is 0.252 e. The second kappa shape index (κ2) is 5.85. The Kier molecular flexibility index (Phi) is 3.92. The van der Waals surface area contributed by atoms with Crippen molar-refractivity contribution in [3.63, 3.8) is 0 Å². The summed E-state index contributed by atoms with van der Waals surface area (Å²) in [7, 11) is 1.64. The quantitative estimate of drug-likeness (QED) is 0.848. The molecule has 7 heteroatoms. The van der Waals surface area contributed by atoms with Crippen molar-refractivity contribution in [2.45, 2.75) is 19.4 Å². The summed E-state index contributed by atoms with van der Waals surface area (Å²) in [5.74, 6) is 1.38. The number of carbonyl (C=O) groups excluding carboxylic acids is 1. The smallest absolute Gasteiger partial charge is 0.252 e. The molecule has 21 heavy (non-hydrogen) atoms. The maximum absolute atomic E-state index is 11.7. The predicted molar refractivity (Wildman–Crippen MR) is 81.4 cm³/mol. The number of amides is 1. The van der Waals surface area contributed by atoms with Gasteiger partial charge in [0.2, 0.25) is 5.91 Å². The van der Waals surface area contributed by atoms with Gasteiger partial charge in [0, 0.05) is 13.0 Å². The molecule has 1 aliphatic rings. The minimum Gasteiger partial charge on any atom is -0.497 e. The van der Waals surface area contributed by atoms with E-state index in [0.29, 0.717) is 30.2 Å². The van der Waals surface area contributed by atoms with Crippen LogP contribution in [0.5, 0.6) is 5.75 Å². The molecule has 0 unspecified atom stereocenters. The number of anilines is 1. The summed E-state index contributed by atoms with van der Waals surface area (Å²) in [6.45, 7) is 1.28. The lowest BCUT2D eigenvalue weighted by Crippen LogP contribution is -2.25. The van der Waals surface area contributed by atoms with Crippen LogP contribution in [0.2, 0.25) is 0 Å². The molecule has 110 valence electrons. The SMILES string of the molecule is COc1ccc(Cn2nc(N3CCCC3=O)nc2Br)cc1. The molecule has 3 rings (SSSR count). The zero-order valence-corrected chi connectivity index (χ0v) is 13.2. The summed E-state index contributed by atoms with van der Waals surface area (Å²) in [5.41, 5.74) is 1.08. The second-order valence-electron chi connectivity index (χ2n) is 4.84. The van der Waals surface area contributed by atoms with E-state index < -0.39 is 0 Å². The molecular weight excluding hydrogens is 336 g/mol. The van der Waals surface area contributed by atoms with E-state index in [4.69, 9.17) is 4.74 Å². The van der Waals surface area contributed by atoms with Crippen LogP contribution in [0, 0.1) is 0 Å². The molecule has 0 spiro atoms. The van der Waals surface area contributed by atoms with E-state index >= 15 is 0 Å². The summed E-state index contributed by atoms with van der Waals surface area (Å²) in [6, 6.07) is 7.78. The minimum absolute atomic E-state index is 0.0871. The molecule has 0 bridgehead atoms. The second-order valence-corrected chi connectivity index (χ2v) is 5.54. The number of benzene rings is 1. The molecule has 0 radical (unpaired) electrons. The van der Waals surface area contributed by atoms with Crippen molar-refractivity contribution in [1.82, 2.24) is 14.8 Å². The molecule has 1 aromatic carbocycles. The Morgan fingerprint density at radius 2 is 2.10 bits per heavy atom. The topological polar surface area (TPSA) is 60.2 Å². The van der Waals surface area contributed by atoms with E-state index in [1.54, 1.807) is 16.7 Å². The Bertz CT molecular complexity index is 653. The molecule has 0 N–H and O–H groups in total. The van der Waals surface area contributed by atoms with Crippen molar-refractivity contribution in [2.24, 2.45) is 0 Å². The average Bonchev–Trinajstić information content (AvgIpc) is 3.06. The number of rotatable bonds is 4. The van der Waals surface area contributed by atoms with Crippen molar-refractivity contribution in [3.05, 3.63) is 34.6 Å². The summed E-state index contributed by atoms with van der Waals surface area (Å²) in [5, 5.41) is 4.41. The third-order valence-corrected chi connectivity index (χ3v) is 4.01. The van der Waals surface area contributed by atoms with Crippen molar-refractivity contribution in [3.8, 4) is 5.75 Å². The van der Waals surface area contributed by atoms with E-state index in [-0.39, 0.29) is 5.91 Å². The third-order valence-electron chi connectivity index (χ3n) is 3.42. The molecule has 1 saturated heterocycles. The first kappa shape index (κ1) is 14.1. The van der Waals surface area contributed by atoms with Gasteiger partial charge < -0.3 is 4.74 Å². The van der Waals surface area contributed by atoms with Crippen LogP contribution in [0.25, 0.3) is 0 Å². The highest BCUT2D eigenvalue weighted by Crippen LogP contribution is 2.21. The molecule has 2 heterocycles. The van der Waals surface area contributed by atoms with Gasteiger partial charge in [0.05, 0.1) is 13.7 Å². The number of methoxy groups -OCH3 is 1. The van der Waals surface area contributed by atoms with Gasteiger partial charge in [0.25, 0.3) is 5.95 Å². The van der Waals surface area contributed by atoms with Crippen LogP contribution in [-0.2, 0) is 11.3 Å². The maximum atomic E-state index is 11.7. The Morgan fingerprint density at radius 1 is 1.33 bits per heavy atom. The summed E-state index contributed by atoms with van der Waals surface area (Å²) in [6.07, 6.45) is 1.44. The van der Waals surface area contributed by atoms with Crippen LogP contribution in [0.15, 0.2) is 29.0 Å². The van der Waals surface area contributed by atoms with Gasteiger partial charge >= 0.3 is 0 Å². The fraction of sp³-hybridized carbons (Fsp3) is 0.357. The molecule has 0 atom stereocenters. The van der Waals surface area contributed by atoms with Gasteiger partial charge in [-0.3, -0.25) is 9.69 Å². The van der Waals surface area contributed by atoms with Crippen molar-refractivity contribution >= 4 is 27.8 Å². The van der Waals surface area contributed by atoms with Gasteiger partial charge in [-0.1, -0.05) is 12.1 Å². The number of halogens is 1. The standard InChI is InChI=1S/C14H15BrN4O2/c1-21-11-6-4-10(5-7-11)9-19-13(15)16-14(17-19)18-8-2-3-12(18)20/h4-7H,2-3,8-9H2,1H3.